The molecule has 0 bridgehead atoms. The van der Waals surface area contributed by atoms with E-state index in [4.69, 9.17) is 4.98 Å². The van der Waals surface area contributed by atoms with Crippen LogP contribution < -0.4 is 5.32 Å². The van der Waals surface area contributed by atoms with Gasteiger partial charge in [-0.3, -0.25) is 0 Å². The standard InChI is InChI=1S/C15H19BrN2S/c1-9(2)14-13(8-17-4)19-15(18-14)11-6-5-10(3)12(16)7-11/h5-7,9,17H,8H2,1-4H3. The molecule has 0 saturated carbocycles. The Hall–Kier alpha value is -0.710. The fraction of sp³-hybridized carbons (Fsp3) is 0.400. The zero-order valence-corrected chi connectivity index (χ0v) is 14.2. The van der Waals surface area contributed by atoms with E-state index in [1.807, 2.05) is 7.05 Å². The van der Waals surface area contributed by atoms with Crippen LogP contribution in [0.4, 0.5) is 0 Å². The first-order valence-electron chi connectivity index (χ1n) is 6.43. The van der Waals surface area contributed by atoms with Crippen molar-refractivity contribution in [2.75, 3.05) is 7.05 Å². The van der Waals surface area contributed by atoms with Crippen molar-refractivity contribution >= 4 is 27.3 Å². The monoisotopic (exact) mass is 338 g/mol. The first-order valence-corrected chi connectivity index (χ1v) is 8.04. The van der Waals surface area contributed by atoms with Crippen molar-refractivity contribution in [2.24, 2.45) is 0 Å². The van der Waals surface area contributed by atoms with Crippen molar-refractivity contribution in [3.05, 3.63) is 38.8 Å². The summed E-state index contributed by atoms with van der Waals surface area (Å²) in [5.74, 6) is 0.460. The van der Waals surface area contributed by atoms with Gasteiger partial charge < -0.3 is 5.32 Å². The summed E-state index contributed by atoms with van der Waals surface area (Å²) in [5, 5.41) is 4.33. The topological polar surface area (TPSA) is 24.9 Å². The van der Waals surface area contributed by atoms with Crippen LogP contribution in [-0.4, -0.2) is 12.0 Å². The van der Waals surface area contributed by atoms with E-state index in [0.29, 0.717) is 5.92 Å². The molecule has 1 aromatic heterocycles. The molecule has 1 N–H and O–H groups in total. The van der Waals surface area contributed by atoms with Crippen molar-refractivity contribution in [3.8, 4) is 10.6 Å². The van der Waals surface area contributed by atoms with Crippen molar-refractivity contribution in [1.82, 2.24) is 10.3 Å². The Balaban J connectivity index is 2.44. The van der Waals surface area contributed by atoms with Crippen molar-refractivity contribution < 1.29 is 0 Å². The molecule has 0 spiro atoms. The second-order valence-electron chi connectivity index (χ2n) is 4.98. The second kappa shape index (κ2) is 6.16. The molecule has 1 heterocycles. The van der Waals surface area contributed by atoms with Gasteiger partial charge >= 0.3 is 0 Å². The summed E-state index contributed by atoms with van der Waals surface area (Å²) >= 11 is 5.38. The van der Waals surface area contributed by atoms with Crippen LogP contribution >= 0.6 is 27.3 Å². The van der Waals surface area contributed by atoms with Gasteiger partial charge in [0.25, 0.3) is 0 Å². The molecule has 2 rings (SSSR count). The van der Waals surface area contributed by atoms with E-state index in [0.717, 1.165) is 16.0 Å². The average molecular weight is 339 g/mol. The number of aryl methyl sites for hydroxylation is 1. The van der Waals surface area contributed by atoms with Crippen LogP contribution in [-0.2, 0) is 6.54 Å². The summed E-state index contributed by atoms with van der Waals surface area (Å²) in [6.45, 7) is 7.38. The van der Waals surface area contributed by atoms with E-state index in [1.165, 1.54) is 21.7 Å². The molecule has 1 aromatic carbocycles. The second-order valence-corrected chi connectivity index (χ2v) is 6.91. The summed E-state index contributed by atoms with van der Waals surface area (Å²) in [5.41, 5.74) is 3.65. The smallest absolute Gasteiger partial charge is 0.123 e. The predicted molar refractivity (Wildman–Crippen MR) is 86.8 cm³/mol. The quantitative estimate of drug-likeness (QED) is 0.871. The number of halogens is 1. The minimum atomic E-state index is 0.460. The number of nitrogens with zero attached hydrogens (tertiary/aromatic N) is 1. The van der Waals surface area contributed by atoms with E-state index in [2.05, 4.69) is 60.2 Å². The summed E-state index contributed by atoms with van der Waals surface area (Å²) < 4.78 is 1.14. The largest absolute Gasteiger partial charge is 0.315 e. The highest BCUT2D eigenvalue weighted by Crippen LogP contribution is 2.33. The van der Waals surface area contributed by atoms with Gasteiger partial charge in [0.1, 0.15) is 5.01 Å². The zero-order chi connectivity index (χ0) is 14.0. The molecule has 4 heteroatoms. The highest BCUT2D eigenvalue weighted by atomic mass is 79.9. The van der Waals surface area contributed by atoms with Crippen LogP contribution in [0, 0.1) is 6.92 Å². The lowest BCUT2D eigenvalue weighted by Gasteiger charge is -2.03. The first kappa shape index (κ1) is 14.7. The molecule has 19 heavy (non-hydrogen) atoms. The Labute approximate surface area is 127 Å². The molecule has 0 atom stereocenters. The van der Waals surface area contributed by atoms with E-state index in [9.17, 15) is 0 Å². The predicted octanol–water partition coefficient (Wildman–Crippen LogP) is 4.72. The molecule has 2 aromatic rings. The Bertz CT molecular complexity index is 576. The molecule has 0 amide bonds. The molecule has 0 saturated heterocycles. The van der Waals surface area contributed by atoms with Gasteiger partial charge in [0.05, 0.1) is 5.69 Å². The number of benzene rings is 1. The molecule has 0 aliphatic rings. The van der Waals surface area contributed by atoms with Gasteiger partial charge in [-0.05, 0) is 31.5 Å². The Kier molecular flexibility index (Phi) is 4.76. The highest BCUT2D eigenvalue weighted by Gasteiger charge is 2.15. The number of hydrogen-bond donors (Lipinski definition) is 1. The van der Waals surface area contributed by atoms with E-state index in [1.54, 1.807) is 11.3 Å². The molecule has 0 aliphatic carbocycles. The molecule has 0 radical (unpaired) electrons. The van der Waals surface area contributed by atoms with Gasteiger partial charge in [0.2, 0.25) is 0 Å². The van der Waals surface area contributed by atoms with Crippen LogP contribution in [0.5, 0.6) is 0 Å². The number of hydrogen-bond acceptors (Lipinski definition) is 3. The fourth-order valence-corrected chi connectivity index (χ4v) is 3.55. The third kappa shape index (κ3) is 3.25. The van der Waals surface area contributed by atoms with E-state index < -0.39 is 0 Å². The van der Waals surface area contributed by atoms with Crippen LogP contribution in [0.3, 0.4) is 0 Å². The van der Waals surface area contributed by atoms with Gasteiger partial charge in [-0.1, -0.05) is 41.9 Å². The number of rotatable bonds is 4. The maximum absolute atomic E-state index is 4.83. The summed E-state index contributed by atoms with van der Waals surface area (Å²) in [6, 6.07) is 6.43. The lowest BCUT2D eigenvalue weighted by Crippen LogP contribution is -2.06. The molecular formula is C15H19BrN2S. The summed E-state index contributed by atoms with van der Waals surface area (Å²) in [6.07, 6.45) is 0. The molecule has 0 unspecified atom stereocenters. The fourth-order valence-electron chi connectivity index (χ4n) is 1.95. The SMILES string of the molecule is CNCc1sc(-c2ccc(C)c(Br)c2)nc1C(C)C. The van der Waals surface area contributed by atoms with Crippen LogP contribution in [0.25, 0.3) is 10.6 Å². The van der Waals surface area contributed by atoms with Crippen molar-refractivity contribution in [3.63, 3.8) is 0 Å². The van der Waals surface area contributed by atoms with E-state index in [-0.39, 0.29) is 0 Å². The average Bonchev–Trinajstić information content (AvgIpc) is 2.77. The van der Waals surface area contributed by atoms with Crippen molar-refractivity contribution in [1.29, 1.82) is 0 Å². The third-order valence-electron chi connectivity index (χ3n) is 3.03. The molecule has 102 valence electrons. The summed E-state index contributed by atoms with van der Waals surface area (Å²) in [7, 11) is 1.98. The van der Waals surface area contributed by atoms with Gasteiger partial charge in [-0.15, -0.1) is 11.3 Å². The molecule has 0 fully saturated rings. The lowest BCUT2D eigenvalue weighted by molar-refractivity contribution is 0.771. The highest BCUT2D eigenvalue weighted by molar-refractivity contribution is 9.10. The van der Waals surface area contributed by atoms with Crippen molar-refractivity contribution in [2.45, 2.75) is 33.2 Å². The Morgan fingerprint density at radius 3 is 2.68 bits per heavy atom. The zero-order valence-electron chi connectivity index (χ0n) is 11.7. The maximum Gasteiger partial charge on any atom is 0.123 e. The normalized spacial score (nSPS) is 11.3. The van der Waals surface area contributed by atoms with Crippen LogP contribution in [0.1, 0.15) is 35.9 Å². The lowest BCUT2D eigenvalue weighted by atomic mass is 10.1. The van der Waals surface area contributed by atoms with Crippen LogP contribution in [0.2, 0.25) is 0 Å². The minimum absolute atomic E-state index is 0.460. The first-order chi connectivity index (χ1) is 9.02. The molecule has 2 nitrogen and oxygen atoms in total. The van der Waals surface area contributed by atoms with Gasteiger partial charge in [-0.25, -0.2) is 4.98 Å². The summed E-state index contributed by atoms with van der Waals surface area (Å²) in [4.78, 5) is 6.16. The minimum Gasteiger partial charge on any atom is -0.315 e. The Morgan fingerprint density at radius 2 is 2.11 bits per heavy atom. The van der Waals surface area contributed by atoms with E-state index >= 15 is 0 Å². The van der Waals surface area contributed by atoms with Crippen LogP contribution in [0.15, 0.2) is 22.7 Å². The van der Waals surface area contributed by atoms with Gasteiger partial charge in [0.15, 0.2) is 0 Å². The maximum atomic E-state index is 4.83. The number of nitrogens with one attached hydrogen (secondary N) is 1. The van der Waals surface area contributed by atoms with Gasteiger partial charge in [0, 0.05) is 21.5 Å². The Morgan fingerprint density at radius 1 is 1.37 bits per heavy atom. The molecular weight excluding hydrogens is 320 g/mol. The number of thiazole rings is 1. The third-order valence-corrected chi connectivity index (χ3v) is 5.01. The van der Waals surface area contributed by atoms with Gasteiger partial charge in [-0.2, -0.15) is 0 Å². The number of aromatic nitrogens is 1. The molecule has 0 aliphatic heterocycles.